The van der Waals surface area contributed by atoms with E-state index in [-0.39, 0.29) is 11.3 Å². The van der Waals surface area contributed by atoms with E-state index in [1.807, 2.05) is 30.3 Å². The summed E-state index contributed by atoms with van der Waals surface area (Å²) in [4.78, 5) is 12.6. The van der Waals surface area contributed by atoms with Gasteiger partial charge in [-0.3, -0.25) is 4.79 Å². The first kappa shape index (κ1) is 20.3. The Labute approximate surface area is 185 Å². The van der Waals surface area contributed by atoms with Crippen LogP contribution in [0.5, 0.6) is 0 Å². The van der Waals surface area contributed by atoms with Crippen molar-refractivity contribution in [2.75, 3.05) is 6.54 Å². The van der Waals surface area contributed by atoms with Crippen LogP contribution in [0.3, 0.4) is 0 Å². The minimum atomic E-state index is 0.0620. The zero-order valence-electron chi connectivity index (χ0n) is 18.9. The quantitative estimate of drug-likeness (QED) is 0.652. The molecule has 1 aliphatic carbocycles. The van der Waals surface area contributed by atoms with Gasteiger partial charge in [-0.15, -0.1) is 0 Å². The van der Waals surface area contributed by atoms with Crippen molar-refractivity contribution >= 4 is 16.8 Å². The van der Waals surface area contributed by atoms with Gasteiger partial charge in [-0.25, -0.2) is 0 Å². The smallest absolute Gasteiger partial charge is 0.225 e. The van der Waals surface area contributed by atoms with E-state index in [2.05, 4.69) is 54.3 Å². The molecule has 162 valence electrons. The van der Waals surface area contributed by atoms with Gasteiger partial charge < -0.3 is 15.2 Å². The molecule has 1 aromatic heterocycles. The maximum absolute atomic E-state index is 12.6. The standard InChI is InChI=1S/C27H33N3O/c1-27(2,3)20-14-22-21-10-7-11-28-23(21)13-19-16-30(24(15-20)26(19)22)17-29-25(31)12-18-8-5-4-6-9-18/h4-6,8-9,14-16,21,23,28H,7,10-13,17H2,1-3H3,(H,29,31)/t21-,23-/m1/s1. The number of benzene rings is 2. The third-order valence-corrected chi connectivity index (χ3v) is 7.03. The zero-order chi connectivity index (χ0) is 21.6. The summed E-state index contributed by atoms with van der Waals surface area (Å²) < 4.78 is 2.25. The van der Waals surface area contributed by atoms with E-state index in [4.69, 9.17) is 0 Å². The van der Waals surface area contributed by atoms with Gasteiger partial charge in [-0.1, -0.05) is 57.2 Å². The first-order valence-electron chi connectivity index (χ1n) is 11.6. The van der Waals surface area contributed by atoms with Gasteiger partial charge in [-0.2, -0.15) is 0 Å². The molecule has 3 aromatic rings. The van der Waals surface area contributed by atoms with Gasteiger partial charge in [-0.05, 0) is 59.5 Å². The molecule has 0 spiro atoms. The van der Waals surface area contributed by atoms with E-state index in [1.54, 1.807) is 0 Å². The number of hydrogen-bond acceptors (Lipinski definition) is 2. The fourth-order valence-corrected chi connectivity index (χ4v) is 5.35. The summed E-state index contributed by atoms with van der Waals surface area (Å²) in [6.07, 6.45) is 6.27. The number of amides is 1. The van der Waals surface area contributed by atoms with Crippen molar-refractivity contribution in [2.45, 2.75) is 70.5 Å². The molecular formula is C27H33N3O. The van der Waals surface area contributed by atoms with Crippen LogP contribution in [0.25, 0.3) is 10.9 Å². The van der Waals surface area contributed by atoms with Gasteiger partial charge in [0.1, 0.15) is 0 Å². The summed E-state index contributed by atoms with van der Waals surface area (Å²) in [5.74, 6) is 0.654. The number of nitrogens with zero attached hydrogens (tertiary/aromatic N) is 1. The Kier molecular flexibility index (Phi) is 5.13. The van der Waals surface area contributed by atoms with E-state index in [1.165, 1.54) is 40.4 Å². The second-order valence-electron chi connectivity index (χ2n) is 10.3. The third-order valence-electron chi connectivity index (χ3n) is 7.03. The van der Waals surface area contributed by atoms with Gasteiger partial charge in [0, 0.05) is 23.5 Å². The van der Waals surface area contributed by atoms with Gasteiger partial charge in [0.05, 0.1) is 18.6 Å². The lowest BCUT2D eigenvalue weighted by molar-refractivity contribution is -0.120. The minimum absolute atomic E-state index is 0.0620. The van der Waals surface area contributed by atoms with Crippen LogP contribution in [0.15, 0.2) is 48.7 Å². The van der Waals surface area contributed by atoms with E-state index in [0.29, 0.717) is 25.0 Å². The highest BCUT2D eigenvalue weighted by molar-refractivity contribution is 5.90. The first-order valence-corrected chi connectivity index (χ1v) is 11.6. The second kappa shape index (κ2) is 7.83. The molecule has 0 radical (unpaired) electrons. The molecule has 2 atom stereocenters. The molecule has 31 heavy (non-hydrogen) atoms. The Morgan fingerprint density at radius 1 is 1.19 bits per heavy atom. The number of fused-ring (bicyclic) bond motifs is 2. The molecule has 4 nitrogen and oxygen atoms in total. The predicted molar refractivity (Wildman–Crippen MR) is 126 cm³/mol. The Morgan fingerprint density at radius 2 is 2.00 bits per heavy atom. The van der Waals surface area contributed by atoms with Crippen LogP contribution in [0.1, 0.15) is 61.8 Å². The molecule has 2 aromatic carbocycles. The SMILES string of the molecule is CC(C)(C)c1cc2c3c(cn(CNC(=O)Cc4ccccc4)c3c1)C[C@H]1NCCC[C@H]21. The van der Waals surface area contributed by atoms with Crippen LogP contribution in [0.2, 0.25) is 0 Å². The average molecular weight is 416 g/mol. The van der Waals surface area contributed by atoms with Crippen molar-refractivity contribution in [1.82, 2.24) is 15.2 Å². The Balaban J connectivity index is 1.48. The molecule has 0 bridgehead atoms. The molecule has 5 rings (SSSR count). The number of piperidine rings is 1. The van der Waals surface area contributed by atoms with Crippen molar-refractivity contribution in [2.24, 2.45) is 0 Å². The highest BCUT2D eigenvalue weighted by Crippen LogP contribution is 2.43. The molecule has 2 heterocycles. The summed E-state index contributed by atoms with van der Waals surface area (Å²) in [6, 6.07) is 15.3. The first-order chi connectivity index (χ1) is 14.9. The van der Waals surface area contributed by atoms with Crippen LogP contribution in [-0.2, 0) is 29.7 Å². The molecule has 2 N–H and O–H groups in total. The maximum atomic E-state index is 12.6. The Bertz CT molecular complexity index is 1110. The molecular weight excluding hydrogens is 382 g/mol. The van der Waals surface area contributed by atoms with Crippen molar-refractivity contribution in [3.63, 3.8) is 0 Å². The third kappa shape index (κ3) is 3.89. The molecule has 4 heteroatoms. The minimum Gasteiger partial charge on any atom is -0.338 e. The molecule has 1 aliphatic heterocycles. The Hall–Kier alpha value is -2.59. The van der Waals surface area contributed by atoms with Crippen LogP contribution in [0, 0.1) is 0 Å². The van der Waals surface area contributed by atoms with Crippen molar-refractivity contribution < 1.29 is 4.79 Å². The van der Waals surface area contributed by atoms with Crippen LogP contribution in [-0.4, -0.2) is 23.1 Å². The normalized spacial score (nSPS) is 20.5. The zero-order valence-corrected chi connectivity index (χ0v) is 18.9. The molecule has 0 saturated carbocycles. The van der Waals surface area contributed by atoms with Gasteiger partial charge in [0.2, 0.25) is 5.91 Å². The fourth-order valence-electron chi connectivity index (χ4n) is 5.35. The van der Waals surface area contributed by atoms with E-state index < -0.39 is 0 Å². The van der Waals surface area contributed by atoms with Crippen molar-refractivity contribution in [3.05, 3.63) is 70.9 Å². The highest BCUT2D eigenvalue weighted by Gasteiger charge is 2.34. The predicted octanol–water partition coefficient (Wildman–Crippen LogP) is 4.65. The monoisotopic (exact) mass is 415 g/mol. The Morgan fingerprint density at radius 3 is 2.77 bits per heavy atom. The lowest BCUT2D eigenvalue weighted by Gasteiger charge is -2.37. The average Bonchev–Trinajstić information content (AvgIpc) is 3.10. The maximum Gasteiger partial charge on any atom is 0.225 e. The van der Waals surface area contributed by atoms with Gasteiger partial charge >= 0.3 is 0 Å². The highest BCUT2D eigenvalue weighted by atomic mass is 16.1. The topological polar surface area (TPSA) is 46.1 Å². The summed E-state index contributed by atoms with van der Waals surface area (Å²) in [6.45, 7) is 8.50. The van der Waals surface area contributed by atoms with Crippen molar-refractivity contribution in [3.8, 4) is 0 Å². The van der Waals surface area contributed by atoms with Gasteiger partial charge in [0.15, 0.2) is 0 Å². The molecule has 1 amide bonds. The summed E-state index contributed by atoms with van der Waals surface area (Å²) in [5, 5.41) is 8.34. The molecule has 0 unspecified atom stereocenters. The largest absolute Gasteiger partial charge is 0.338 e. The number of aromatic nitrogens is 1. The van der Waals surface area contributed by atoms with Crippen LogP contribution >= 0.6 is 0 Å². The molecule has 2 aliphatic rings. The van der Waals surface area contributed by atoms with E-state index in [0.717, 1.165) is 18.5 Å². The van der Waals surface area contributed by atoms with Crippen LogP contribution < -0.4 is 10.6 Å². The molecule has 1 fully saturated rings. The number of nitrogens with one attached hydrogen (secondary N) is 2. The van der Waals surface area contributed by atoms with E-state index in [9.17, 15) is 4.79 Å². The summed E-state index contributed by atoms with van der Waals surface area (Å²) in [7, 11) is 0. The lowest BCUT2D eigenvalue weighted by Crippen LogP contribution is -2.43. The fraction of sp³-hybridized carbons (Fsp3) is 0.444. The van der Waals surface area contributed by atoms with Gasteiger partial charge in [0.25, 0.3) is 0 Å². The molecule has 1 saturated heterocycles. The number of carbonyl (C=O) groups is 1. The second-order valence-corrected chi connectivity index (χ2v) is 10.3. The number of hydrogen-bond donors (Lipinski definition) is 2. The summed E-state index contributed by atoms with van der Waals surface area (Å²) in [5.41, 5.74) is 6.70. The number of carbonyl (C=O) groups excluding carboxylic acids is 1. The summed E-state index contributed by atoms with van der Waals surface area (Å²) >= 11 is 0. The van der Waals surface area contributed by atoms with E-state index >= 15 is 0 Å². The van der Waals surface area contributed by atoms with Crippen LogP contribution in [0.4, 0.5) is 0 Å². The lowest BCUT2D eigenvalue weighted by atomic mass is 9.74. The van der Waals surface area contributed by atoms with Crippen molar-refractivity contribution in [1.29, 1.82) is 0 Å². The number of rotatable bonds is 4.